The molecule has 1 fully saturated rings. The molecule has 1 aliphatic rings. The van der Waals surface area contributed by atoms with Gasteiger partial charge in [0.15, 0.2) is 0 Å². The Morgan fingerprint density at radius 3 is 2.60 bits per heavy atom. The monoisotopic (exact) mass is 277 g/mol. The van der Waals surface area contributed by atoms with Crippen molar-refractivity contribution in [1.82, 2.24) is 9.80 Å². The van der Waals surface area contributed by atoms with Gasteiger partial charge in [0, 0.05) is 25.8 Å². The number of nitrogens with zero attached hydrogens (tertiary/aromatic N) is 2. The molecule has 0 aliphatic carbocycles. The van der Waals surface area contributed by atoms with E-state index in [-0.39, 0.29) is 18.4 Å². The van der Waals surface area contributed by atoms with Crippen LogP contribution in [-0.2, 0) is 9.53 Å². The van der Waals surface area contributed by atoms with Crippen LogP contribution < -0.4 is 5.73 Å². The number of nitrogen functional groups attached to an aromatic ring is 1. The molecule has 1 heterocycles. The molecule has 0 atom stereocenters. The minimum Gasteiger partial charge on any atom is -0.398 e. The summed E-state index contributed by atoms with van der Waals surface area (Å²) in [6.45, 7) is 2.31. The van der Waals surface area contributed by atoms with E-state index in [2.05, 4.69) is 0 Å². The third-order valence-corrected chi connectivity index (χ3v) is 3.27. The average molecular weight is 277 g/mol. The van der Waals surface area contributed by atoms with Gasteiger partial charge in [-0.2, -0.15) is 0 Å². The number of nitrogens with two attached hydrogens (primary N) is 1. The van der Waals surface area contributed by atoms with E-state index in [0.29, 0.717) is 37.6 Å². The van der Waals surface area contributed by atoms with E-state index in [1.807, 2.05) is 0 Å². The molecule has 0 aromatic heterocycles. The number of hydrogen-bond acceptors (Lipinski definition) is 4. The smallest absolute Gasteiger partial charge is 0.256 e. The van der Waals surface area contributed by atoms with E-state index in [1.165, 1.54) is 4.90 Å². The Hall–Kier alpha value is -2.08. The Morgan fingerprint density at radius 1 is 1.30 bits per heavy atom. The van der Waals surface area contributed by atoms with Crippen molar-refractivity contribution >= 4 is 17.5 Å². The van der Waals surface area contributed by atoms with Gasteiger partial charge in [-0.25, -0.2) is 0 Å². The van der Waals surface area contributed by atoms with E-state index >= 15 is 0 Å². The van der Waals surface area contributed by atoms with Gasteiger partial charge in [0.1, 0.15) is 0 Å². The number of hydrogen-bond donors (Lipinski definition) is 1. The standard InChI is InChI=1S/C14H19N3O3/c1-16(10-13(18)17-6-8-20-9-7-17)14(19)11-4-2-3-5-12(11)15/h2-5H,6-10,15H2,1H3. The summed E-state index contributed by atoms with van der Waals surface area (Å²) in [4.78, 5) is 27.4. The number of anilines is 1. The highest BCUT2D eigenvalue weighted by Crippen LogP contribution is 2.13. The van der Waals surface area contributed by atoms with Crippen molar-refractivity contribution in [2.75, 3.05) is 45.6 Å². The first-order valence-corrected chi connectivity index (χ1v) is 6.55. The number of morpholine rings is 1. The second kappa shape index (κ2) is 6.38. The molecular weight excluding hydrogens is 258 g/mol. The molecule has 0 radical (unpaired) electrons. The molecule has 20 heavy (non-hydrogen) atoms. The summed E-state index contributed by atoms with van der Waals surface area (Å²) in [5.41, 5.74) is 6.61. The zero-order valence-electron chi connectivity index (χ0n) is 11.5. The molecule has 1 aliphatic heterocycles. The molecule has 6 heteroatoms. The molecule has 1 aromatic carbocycles. The van der Waals surface area contributed by atoms with Gasteiger partial charge in [-0.15, -0.1) is 0 Å². The van der Waals surface area contributed by atoms with E-state index in [0.717, 1.165) is 0 Å². The molecule has 6 nitrogen and oxygen atoms in total. The average Bonchev–Trinajstić information content (AvgIpc) is 2.48. The first kappa shape index (κ1) is 14.3. The molecule has 0 saturated carbocycles. The molecular formula is C14H19N3O3. The summed E-state index contributed by atoms with van der Waals surface area (Å²) in [5, 5.41) is 0. The number of amides is 2. The predicted octanol–water partition coefficient (Wildman–Crippen LogP) is 0.200. The first-order chi connectivity index (χ1) is 9.59. The molecule has 2 amide bonds. The zero-order valence-corrected chi connectivity index (χ0v) is 11.5. The van der Waals surface area contributed by atoms with Gasteiger partial charge in [-0.1, -0.05) is 12.1 Å². The summed E-state index contributed by atoms with van der Waals surface area (Å²) in [6, 6.07) is 6.85. The van der Waals surface area contributed by atoms with Crippen LogP contribution in [0.25, 0.3) is 0 Å². The van der Waals surface area contributed by atoms with Crippen molar-refractivity contribution in [3.8, 4) is 0 Å². The minimum atomic E-state index is -0.246. The van der Waals surface area contributed by atoms with Crippen molar-refractivity contribution in [1.29, 1.82) is 0 Å². The molecule has 1 saturated heterocycles. The highest BCUT2D eigenvalue weighted by Gasteiger charge is 2.21. The lowest BCUT2D eigenvalue weighted by molar-refractivity contribution is -0.135. The number of rotatable bonds is 3. The molecule has 0 bridgehead atoms. The van der Waals surface area contributed by atoms with Gasteiger partial charge >= 0.3 is 0 Å². The molecule has 2 N–H and O–H groups in total. The van der Waals surface area contributed by atoms with Crippen LogP contribution in [0.2, 0.25) is 0 Å². The predicted molar refractivity (Wildman–Crippen MR) is 75.2 cm³/mol. The fraction of sp³-hybridized carbons (Fsp3) is 0.429. The van der Waals surface area contributed by atoms with Gasteiger partial charge < -0.3 is 20.3 Å². The SMILES string of the molecule is CN(CC(=O)N1CCOCC1)C(=O)c1ccccc1N. The van der Waals surface area contributed by atoms with Crippen LogP contribution in [0.3, 0.4) is 0 Å². The van der Waals surface area contributed by atoms with Crippen LogP contribution in [0, 0.1) is 0 Å². The van der Waals surface area contributed by atoms with Gasteiger partial charge in [-0.05, 0) is 12.1 Å². The Kier molecular flexibility index (Phi) is 4.57. The lowest BCUT2D eigenvalue weighted by Gasteiger charge is -2.28. The third kappa shape index (κ3) is 3.27. The van der Waals surface area contributed by atoms with E-state index in [1.54, 1.807) is 36.2 Å². The lowest BCUT2D eigenvalue weighted by atomic mass is 10.1. The maximum atomic E-state index is 12.2. The number of carbonyl (C=O) groups is 2. The van der Waals surface area contributed by atoms with Crippen LogP contribution in [0.1, 0.15) is 10.4 Å². The minimum absolute atomic E-state index is 0.0488. The molecule has 1 aromatic rings. The highest BCUT2D eigenvalue weighted by molar-refractivity contribution is 6.00. The Labute approximate surface area is 118 Å². The summed E-state index contributed by atoms with van der Waals surface area (Å²) in [7, 11) is 1.60. The summed E-state index contributed by atoms with van der Waals surface area (Å²) < 4.78 is 5.20. The normalized spacial score (nSPS) is 14.9. The first-order valence-electron chi connectivity index (χ1n) is 6.55. The largest absolute Gasteiger partial charge is 0.398 e. The number of likely N-dealkylation sites (N-methyl/N-ethyl adjacent to an activating group) is 1. The Balaban J connectivity index is 1.97. The van der Waals surface area contributed by atoms with E-state index in [4.69, 9.17) is 10.5 Å². The second-order valence-corrected chi connectivity index (χ2v) is 4.74. The second-order valence-electron chi connectivity index (χ2n) is 4.74. The van der Waals surface area contributed by atoms with Gasteiger partial charge in [0.05, 0.1) is 25.3 Å². The molecule has 2 rings (SSSR count). The van der Waals surface area contributed by atoms with Crippen molar-refractivity contribution < 1.29 is 14.3 Å². The van der Waals surface area contributed by atoms with Crippen LogP contribution in [0.15, 0.2) is 24.3 Å². The van der Waals surface area contributed by atoms with Crippen LogP contribution in [0.5, 0.6) is 0 Å². The van der Waals surface area contributed by atoms with Crippen LogP contribution in [0.4, 0.5) is 5.69 Å². The third-order valence-electron chi connectivity index (χ3n) is 3.27. The number of benzene rings is 1. The number of ether oxygens (including phenoxy) is 1. The number of para-hydroxylation sites is 1. The fourth-order valence-corrected chi connectivity index (χ4v) is 2.08. The summed E-state index contributed by atoms with van der Waals surface area (Å²) >= 11 is 0. The Bertz CT molecular complexity index is 498. The molecule has 0 unspecified atom stereocenters. The van der Waals surface area contributed by atoms with Crippen molar-refractivity contribution in [2.45, 2.75) is 0 Å². The molecule has 108 valence electrons. The van der Waals surface area contributed by atoms with Gasteiger partial charge in [0.2, 0.25) is 5.91 Å². The Morgan fingerprint density at radius 2 is 1.95 bits per heavy atom. The van der Waals surface area contributed by atoms with E-state index in [9.17, 15) is 9.59 Å². The lowest BCUT2D eigenvalue weighted by Crippen LogP contribution is -2.46. The summed E-state index contributed by atoms with van der Waals surface area (Å²) in [6.07, 6.45) is 0. The van der Waals surface area contributed by atoms with Crippen LogP contribution >= 0.6 is 0 Å². The van der Waals surface area contributed by atoms with Crippen LogP contribution in [-0.4, -0.2) is 61.5 Å². The van der Waals surface area contributed by atoms with E-state index < -0.39 is 0 Å². The molecule has 0 spiro atoms. The summed E-state index contributed by atoms with van der Waals surface area (Å²) in [5.74, 6) is -0.316. The zero-order chi connectivity index (χ0) is 14.5. The van der Waals surface area contributed by atoms with Gasteiger partial charge in [-0.3, -0.25) is 9.59 Å². The van der Waals surface area contributed by atoms with Crippen molar-refractivity contribution in [3.63, 3.8) is 0 Å². The van der Waals surface area contributed by atoms with Crippen molar-refractivity contribution in [2.24, 2.45) is 0 Å². The number of carbonyl (C=O) groups excluding carboxylic acids is 2. The topological polar surface area (TPSA) is 75.9 Å². The fourth-order valence-electron chi connectivity index (χ4n) is 2.08. The highest BCUT2D eigenvalue weighted by atomic mass is 16.5. The maximum Gasteiger partial charge on any atom is 0.256 e. The maximum absolute atomic E-state index is 12.2. The quantitative estimate of drug-likeness (QED) is 0.801. The van der Waals surface area contributed by atoms with Gasteiger partial charge in [0.25, 0.3) is 5.91 Å². The van der Waals surface area contributed by atoms with Crippen molar-refractivity contribution in [3.05, 3.63) is 29.8 Å².